The SMILES string of the molecule is Cc1cc(C)c2c(=O)c3c(oc2c1)C(=O)NC3c1cccc(OCc2ccccc2)c1. The van der Waals surface area contributed by atoms with Crippen molar-refractivity contribution in [1.82, 2.24) is 5.32 Å². The number of carbonyl (C=O) groups is 1. The quantitative estimate of drug-likeness (QED) is 0.523. The number of amides is 1. The predicted molar refractivity (Wildman–Crippen MR) is 118 cm³/mol. The first-order valence-corrected chi connectivity index (χ1v) is 10.2. The van der Waals surface area contributed by atoms with Crippen LogP contribution in [0.3, 0.4) is 0 Å². The monoisotopic (exact) mass is 411 g/mol. The maximum absolute atomic E-state index is 13.4. The second-order valence-corrected chi connectivity index (χ2v) is 7.88. The highest BCUT2D eigenvalue weighted by molar-refractivity contribution is 5.99. The highest BCUT2D eigenvalue weighted by Gasteiger charge is 2.36. The number of hydrogen-bond acceptors (Lipinski definition) is 4. The minimum Gasteiger partial charge on any atom is -0.489 e. The van der Waals surface area contributed by atoms with Crippen molar-refractivity contribution in [1.29, 1.82) is 0 Å². The molecule has 0 aliphatic carbocycles. The van der Waals surface area contributed by atoms with Crippen LogP contribution in [0.25, 0.3) is 11.0 Å². The van der Waals surface area contributed by atoms with Gasteiger partial charge in [-0.15, -0.1) is 0 Å². The Hall–Kier alpha value is -3.86. The van der Waals surface area contributed by atoms with Crippen LogP contribution in [0, 0.1) is 13.8 Å². The molecule has 1 aromatic heterocycles. The van der Waals surface area contributed by atoms with E-state index in [2.05, 4.69) is 5.32 Å². The lowest BCUT2D eigenvalue weighted by Gasteiger charge is -2.14. The van der Waals surface area contributed by atoms with Gasteiger partial charge in [-0.1, -0.05) is 48.5 Å². The van der Waals surface area contributed by atoms with Crippen molar-refractivity contribution in [2.24, 2.45) is 0 Å². The van der Waals surface area contributed by atoms with Crippen molar-refractivity contribution in [3.63, 3.8) is 0 Å². The highest BCUT2D eigenvalue weighted by Crippen LogP contribution is 2.33. The summed E-state index contributed by atoms with van der Waals surface area (Å²) < 4.78 is 11.8. The number of nitrogens with one attached hydrogen (secondary N) is 1. The van der Waals surface area contributed by atoms with E-state index in [0.29, 0.717) is 28.9 Å². The van der Waals surface area contributed by atoms with Crippen molar-refractivity contribution >= 4 is 16.9 Å². The Kier molecular flexibility index (Phi) is 4.59. The van der Waals surface area contributed by atoms with Gasteiger partial charge in [-0.25, -0.2) is 0 Å². The second-order valence-electron chi connectivity index (χ2n) is 7.88. The summed E-state index contributed by atoms with van der Waals surface area (Å²) in [4.78, 5) is 26.0. The lowest BCUT2D eigenvalue weighted by atomic mass is 9.97. The molecule has 1 amide bonds. The molecule has 1 unspecified atom stereocenters. The van der Waals surface area contributed by atoms with Crippen LogP contribution in [0.4, 0.5) is 0 Å². The second kappa shape index (κ2) is 7.43. The molecule has 1 aliphatic heterocycles. The number of aryl methyl sites for hydroxylation is 2. The zero-order valence-electron chi connectivity index (χ0n) is 17.3. The van der Waals surface area contributed by atoms with Gasteiger partial charge in [0.25, 0.3) is 5.91 Å². The molecule has 2 heterocycles. The summed E-state index contributed by atoms with van der Waals surface area (Å²) in [5.74, 6) is 0.373. The van der Waals surface area contributed by atoms with Gasteiger partial charge < -0.3 is 14.5 Å². The molecule has 31 heavy (non-hydrogen) atoms. The van der Waals surface area contributed by atoms with Crippen LogP contribution >= 0.6 is 0 Å². The predicted octanol–water partition coefficient (Wildman–Crippen LogP) is 4.82. The van der Waals surface area contributed by atoms with Gasteiger partial charge in [0.2, 0.25) is 5.76 Å². The Morgan fingerprint density at radius 3 is 2.58 bits per heavy atom. The molecule has 0 radical (unpaired) electrons. The number of benzene rings is 3. The van der Waals surface area contributed by atoms with Gasteiger partial charge in [-0.05, 0) is 54.3 Å². The molecule has 1 atom stereocenters. The molecule has 154 valence electrons. The van der Waals surface area contributed by atoms with Crippen LogP contribution in [0.1, 0.15) is 44.4 Å². The summed E-state index contributed by atoms with van der Waals surface area (Å²) in [6.45, 7) is 4.25. The molecule has 3 aromatic carbocycles. The van der Waals surface area contributed by atoms with Crippen LogP contribution in [0.2, 0.25) is 0 Å². The Balaban J connectivity index is 1.54. The molecule has 4 aromatic rings. The largest absolute Gasteiger partial charge is 0.489 e. The lowest BCUT2D eigenvalue weighted by molar-refractivity contribution is 0.0937. The summed E-state index contributed by atoms with van der Waals surface area (Å²) in [6, 6.07) is 20.5. The average molecular weight is 411 g/mol. The normalized spacial score (nSPS) is 15.0. The highest BCUT2D eigenvalue weighted by atomic mass is 16.5. The molecule has 5 rings (SSSR count). The molecule has 1 N–H and O–H groups in total. The van der Waals surface area contributed by atoms with Gasteiger partial charge in [0.15, 0.2) is 5.43 Å². The topological polar surface area (TPSA) is 68.5 Å². The third kappa shape index (κ3) is 3.38. The molecule has 5 heteroatoms. The van der Waals surface area contributed by atoms with Crippen LogP contribution in [0.15, 0.2) is 75.9 Å². The first kappa shape index (κ1) is 19.1. The van der Waals surface area contributed by atoms with E-state index in [4.69, 9.17) is 9.15 Å². The van der Waals surface area contributed by atoms with Crippen molar-refractivity contribution in [3.05, 3.63) is 111 Å². The fourth-order valence-electron chi connectivity index (χ4n) is 4.18. The molecule has 5 nitrogen and oxygen atoms in total. The number of rotatable bonds is 4. The Labute approximate surface area is 179 Å². The zero-order valence-corrected chi connectivity index (χ0v) is 17.3. The van der Waals surface area contributed by atoms with Crippen LogP contribution in [-0.4, -0.2) is 5.91 Å². The third-order valence-electron chi connectivity index (χ3n) is 5.58. The molecular formula is C26H21NO4. The van der Waals surface area contributed by atoms with Crippen LogP contribution in [-0.2, 0) is 6.61 Å². The number of ether oxygens (including phenoxy) is 1. The zero-order chi connectivity index (χ0) is 21.5. The molecule has 1 aliphatic rings. The van der Waals surface area contributed by atoms with Crippen molar-refractivity contribution in [2.75, 3.05) is 0 Å². The number of carbonyl (C=O) groups excluding carboxylic acids is 1. The molecule has 0 saturated carbocycles. The first-order chi connectivity index (χ1) is 15.0. The molecular weight excluding hydrogens is 390 g/mol. The van der Waals surface area contributed by atoms with E-state index in [0.717, 1.165) is 22.3 Å². The van der Waals surface area contributed by atoms with Crippen LogP contribution in [0.5, 0.6) is 5.75 Å². The van der Waals surface area contributed by atoms with E-state index in [1.165, 1.54) is 0 Å². The summed E-state index contributed by atoms with van der Waals surface area (Å²) >= 11 is 0. The molecule has 0 spiro atoms. The minimum atomic E-state index is -0.580. The fraction of sp³-hybridized carbons (Fsp3) is 0.154. The van der Waals surface area contributed by atoms with Gasteiger partial charge in [0, 0.05) is 0 Å². The van der Waals surface area contributed by atoms with Crippen LogP contribution < -0.4 is 15.5 Å². The van der Waals surface area contributed by atoms with Crippen molar-refractivity contribution < 1.29 is 13.9 Å². The Bertz CT molecular complexity index is 1370. The summed E-state index contributed by atoms with van der Waals surface area (Å²) in [6.07, 6.45) is 0. The van der Waals surface area contributed by atoms with E-state index < -0.39 is 6.04 Å². The Morgan fingerprint density at radius 1 is 0.968 bits per heavy atom. The average Bonchev–Trinajstić information content (AvgIpc) is 3.09. The summed E-state index contributed by atoms with van der Waals surface area (Å²) in [5, 5.41) is 3.41. The van der Waals surface area contributed by atoms with E-state index in [9.17, 15) is 9.59 Å². The smallest absolute Gasteiger partial charge is 0.288 e. The van der Waals surface area contributed by atoms with Gasteiger partial charge in [0.1, 0.15) is 17.9 Å². The maximum atomic E-state index is 13.4. The summed E-state index contributed by atoms with van der Waals surface area (Å²) in [5.41, 5.74) is 4.27. The Morgan fingerprint density at radius 2 is 1.77 bits per heavy atom. The molecule has 0 bridgehead atoms. The number of fused-ring (bicyclic) bond motifs is 2. The summed E-state index contributed by atoms with van der Waals surface area (Å²) in [7, 11) is 0. The minimum absolute atomic E-state index is 0.0862. The fourth-order valence-corrected chi connectivity index (χ4v) is 4.18. The van der Waals surface area contributed by atoms with Crippen molar-refractivity contribution in [3.8, 4) is 5.75 Å². The maximum Gasteiger partial charge on any atom is 0.288 e. The van der Waals surface area contributed by atoms with Gasteiger partial charge in [0.05, 0.1) is 17.0 Å². The number of hydrogen-bond donors (Lipinski definition) is 1. The third-order valence-corrected chi connectivity index (χ3v) is 5.58. The molecule has 0 saturated heterocycles. The standard InChI is InChI=1S/C26H21NO4/c1-15-11-16(2)21-20(12-15)31-25-22(24(21)28)23(27-26(25)29)18-9-6-10-19(13-18)30-14-17-7-4-3-5-8-17/h3-13,23H,14H2,1-2H3,(H,27,29). The van der Waals surface area contributed by atoms with Crippen molar-refractivity contribution in [2.45, 2.75) is 26.5 Å². The van der Waals surface area contributed by atoms with E-state index in [-0.39, 0.29) is 17.1 Å². The molecule has 0 fully saturated rings. The van der Waals surface area contributed by atoms with E-state index >= 15 is 0 Å². The van der Waals surface area contributed by atoms with Gasteiger partial charge >= 0.3 is 0 Å². The lowest BCUT2D eigenvalue weighted by Crippen LogP contribution is -2.22. The van der Waals surface area contributed by atoms with E-state index in [1.54, 1.807) is 6.07 Å². The van der Waals surface area contributed by atoms with Gasteiger partial charge in [-0.2, -0.15) is 0 Å². The first-order valence-electron chi connectivity index (χ1n) is 10.2. The van der Waals surface area contributed by atoms with Gasteiger partial charge in [-0.3, -0.25) is 9.59 Å². The van der Waals surface area contributed by atoms with E-state index in [1.807, 2.05) is 74.5 Å².